The molecule has 0 aromatic heterocycles. The first kappa shape index (κ1) is 15.9. The minimum Gasteiger partial charge on any atom is -0.496 e. The highest BCUT2D eigenvalue weighted by Crippen LogP contribution is 2.31. The number of hydrogen-bond donors (Lipinski definition) is 2. The van der Waals surface area contributed by atoms with Crippen molar-refractivity contribution in [3.05, 3.63) is 63.6 Å². The number of nitrogens with one attached hydrogen (secondary N) is 1. The van der Waals surface area contributed by atoms with Gasteiger partial charge in [0.05, 0.1) is 13.2 Å². The van der Waals surface area contributed by atoms with Gasteiger partial charge in [0.2, 0.25) is 0 Å². The lowest BCUT2D eigenvalue weighted by Crippen LogP contribution is -2.30. The van der Waals surface area contributed by atoms with Gasteiger partial charge >= 0.3 is 0 Å². The summed E-state index contributed by atoms with van der Waals surface area (Å²) >= 11 is 3.35. The Balaban J connectivity index is 2.37. The highest BCUT2D eigenvalue weighted by Gasteiger charge is 2.19. The molecule has 0 spiro atoms. The van der Waals surface area contributed by atoms with Crippen LogP contribution in [-0.2, 0) is 6.42 Å². The number of hydrogen-bond acceptors (Lipinski definition) is 3. The molecule has 2 rings (SSSR count). The number of nitrogens with two attached hydrogens (primary N) is 1. The van der Waals surface area contributed by atoms with E-state index in [-0.39, 0.29) is 12.0 Å². The first-order valence-corrected chi connectivity index (χ1v) is 7.08. The molecule has 21 heavy (non-hydrogen) atoms. The van der Waals surface area contributed by atoms with E-state index in [4.69, 9.17) is 10.6 Å². The molecular formula is C15H15BrF2N2O. The molecule has 0 bridgehead atoms. The number of benzene rings is 2. The van der Waals surface area contributed by atoms with Gasteiger partial charge in [0.1, 0.15) is 17.4 Å². The molecule has 1 atom stereocenters. The Hall–Kier alpha value is -1.50. The molecule has 0 aliphatic carbocycles. The van der Waals surface area contributed by atoms with Gasteiger partial charge in [-0.15, -0.1) is 0 Å². The van der Waals surface area contributed by atoms with E-state index in [2.05, 4.69) is 21.4 Å². The van der Waals surface area contributed by atoms with E-state index in [1.165, 1.54) is 25.3 Å². The molecule has 0 saturated heterocycles. The fraction of sp³-hybridized carbons (Fsp3) is 0.200. The quantitative estimate of drug-likeness (QED) is 0.636. The van der Waals surface area contributed by atoms with Crippen LogP contribution in [0.15, 0.2) is 40.9 Å². The molecule has 112 valence electrons. The van der Waals surface area contributed by atoms with E-state index in [1.807, 2.05) is 6.07 Å². The standard InChI is InChI=1S/C15H15BrF2N2O/c1-21-15-7-9(16)5-6-10(15)14(20-19)8-11-12(17)3-2-4-13(11)18/h2-7,14,20H,8,19H2,1H3. The second kappa shape index (κ2) is 6.98. The zero-order chi connectivity index (χ0) is 15.4. The molecule has 0 radical (unpaired) electrons. The van der Waals surface area contributed by atoms with Gasteiger partial charge in [-0.2, -0.15) is 0 Å². The molecule has 0 saturated carbocycles. The van der Waals surface area contributed by atoms with Gasteiger partial charge in [0.15, 0.2) is 0 Å². The Morgan fingerprint density at radius 3 is 2.48 bits per heavy atom. The lowest BCUT2D eigenvalue weighted by Gasteiger charge is -2.20. The second-order valence-electron chi connectivity index (χ2n) is 4.51. The van der Waals surface area contributed by atoms with Gasteiger partial charge in [-0.25, -0.2) is 8.78 Å². The van der Waals surface area contributed by atoms with Crippen LogP contribution in [0.1, 0.15) is 17.2 Å². The summed E-state index contributed by atoms with van der Waals surface area (Å²) in [7, 11) is 1.53. The molecule has 0 heterocycles. The van der Waals surface area contributed by atoms with Crippen LogP contribution < -0.4 is 16.0 Å². The van der Waals surface area contributed by atoms with Crippen molar-refractivity contribution in [2.24, 2.45) is 5.84 Å². The van der Waals surface area contributed by atoms with Gasteiger partial charge < -0.3 is 4.74 Å². The summed E-state index contributed by atoms with van der Waals surface area (Å²) in [5, 5.41) is 0. The Labute approximate surface area is 130 Å². The maximum atomic E-state index is 13.8. The SMILES string of the molecule is COc1cc(Br)ccc1C(Cc1c(F)cccc1F)NN. The topological polar surface area (TPSA) is 47.3 Å². The van der Waals surface area contributed by atoms with Crippen molar-refractivity contribution < 1.29 is 13.5 Å². The van der Waals surface area contributed by atoms with Crippen molar-refractivity contribution in [3.8, 4) is 5.75 Å². The average Bonchev–Trinajstić information content (AvgIpc) is 2.47. The number of halogens is 3. The minimum absolute atomic E-state index is 0.00887. The zero-order valence-corrected chi connectivity index (χ0v) is 13.0. The second-order valence-corrected chi connectivity index (χ2v) is 5.43. The van der Waals surface area contributed by atoms with Crippen LogP contribution in [0.5, 0.6) is 5.75 Å². The molecule has 2 aromatic carbocycles. The summed E-state index contributed by atoms with van der Waals surface area (Å²) in [6.07, 6.45) is 0.0764. The summed E-state index contributed by atoms with van der Waals surface area (Å²) in [5.41, 5.74) is 3.31. The molecule has 3 N–H and O–H groups in total. The van der Waals surface area contributed by atoms with Crippen LogP contribution in [-0.4, -0.2) is 7.11 Å². The average molecular weight is 357 g/mol. The van der Waals surface area contributed by atoms with E-state index in [9.17, 15) is 8.78 Å². The molecule has 2 aromatic rings. The van der Waals surface area contributed by atoms with E-state index < -0.39 is 17.7 Å². The van der Waals surface area contributed by atoms with Crippen molar-refractivity contribution >= 4 is 15.9 Å². The molecule has 0 amide bonds. The van der Waals surface area contributed by atoms with Crippen LogP contribution in [0.4, 0.5) is 8.78 Å². The largest absolute Gasteiger partial charge is 0.496 e. The fourth-order valence-corrected chi connectivity index (χ4v) is 2.50. The monoisotopic (exact) mass is 356 g/mol. The molecule has 0 aliphatic rings. The fourth-order valence-electron chi connectivity index (χ4n) is 2.16. The molecular weight excluding hydrogens is 342 g/mol. The van der Waals surface area contributed by atoms with Crippen molar-refractivity contribution in [1.82, 2.24) is 5.43 Å². The van der Waals surface area contributed by atoms with Gasteiger partial charge in [-0.1, -0.05) is 28.1 Å². The molecule has 6 heteroatoms. The Bertz CT molecular complexity index is 617. The minimum atomic E-state index is -0.591. The lowest BCUT2D eigenvalue weighted by molar-refractivity contribution is 0.397. The number of hydrazine groups is 1. The van der Waals surface area contributed by atoms with Crippen molar-refractivity contribution in [2.45, 2.75) is 12.5 Å². The van der Waals surface area contributed by atoms with Gasteiger partial charge in [0.25, 0.3) is 0 Å². The van der Waals surface area contributed by atoms with E-state index in [1.54, 1.807) is 12.1 Å². The summed E-state index contributed by atoms with van der Waals surface area (Å²) in [6.45, 7) is 0. The van der Waals surface area contributed by atoms with Crippen LogP contribution in [0.2, 0.25) is 0 Å². The predicted molar refractivity (Wildman–Crippen MR) is 80.8 cm³/mol. The summed E-state index contributed by atoms with van der Waals surface area (Å²) < 4.78 is 33.7. The zero-order valence-electron chi connectivity index (χ0n) is 11.4. The van der Waals surface area contributed by atoms with Crippen molar-refractivity contribution in [1.29, 1.82) is 0 Å². The Kier molecular flexibility index (Phi) is 5.27. The van der Waals surface area contributed by atoms with Crippen molar-refractivity contribution in [2.75, 3.05) is 7.11 Å². The Morgan fingerprint density at radius 1 is 1.24 bits per heavy atom. The maximum absolute atomic E-state index is 13.8. The van der Waals surface area contributed by atoms with E-state index in [0.717, 1.165) is 10.0 Å². The smallest absolute Gasteiger partial charge is 0.129 e. The number of methoxy groups -OCH3 is 1. The summed E-state index contributed by atoms with van der Waals surface area (Å²) in [4.78, 5) is 0. The van der Waals surface area contributed by atoms with Crippen molar-refractivity contribution in [3.63, 3.8) is 0 Å². The number of ether oxygens (including phenoxy) is 1. The van der Waals surface area contributed by atoms with E-state index >= 15 is 0 Å². The predicted octanol–water partition coefficient (Wildman–Crippen LogP) is 3.48. The highest BCUT2D eigenvalue weighted by atomic mass is 79.9. The molecule has 0 fully saturated rings. The van der Waals surface area contributed by atoms with Gasteiger partial charge in [0, 0.05) is 15.6 Å². The van der Waals surface area contributed by atoms with Crippen LogP contribution >= 0.6 is 15.9 Å². The van der Waals surface area contributed by atoms with Crippen LogP contribution in [0.3, 0.4) is 0 Å². The summed E-state index contributed by atoms with van der Waals surface area (Å²) in [6, 6.07) is 8.71. The maximum Gasteiger partial charge on any atom is 0.129 e. The summed E-state index contributed by atoms with van der Waals surface area (Å²) in [5.74, 6) is 4.96. The molecule has 1 unspecified atom stereocenters. The van der Waals surface area contributed by atoms with Gasteiger partial charge in [-0.3, -0.25) is 11.3 Å². The molecule has 3 nitrogen and oxygen atoms in total. The van der Waals surface area contributed by atoms with E-state index in [0.29, 0.717) is 5.75 Å². The van der Waals surface area contributed by atoms with Crippen LogP contribution in [0, 0.1) is 11.6 Å². The normalized spacial score (nSPS) is 12.2. The third kappa shape index (κ3) is 3.58. The first-order chi connectivity index (χ1) is 10.1. The molecule has 0 aliphatic heterocycles. The third-order valence-corrected chi connectivity index (χ3v) is 3.74. The number of rotatable bonds is 5. The van der Waals surface area contributed by atoms with Crippen LogP contribution in [0.25, 0.3) is 0 Å². The lowest BCUT2D eigenvalue weighted by atomic mass is 9.98. The third-order valence-electron chi connectivity index (χ3n) is 3.24. The highest BCUT2D eigenvalue weighted by molar-refractivity contribution is 9.10. The first-order valence-electron chi connectivity index (χ1n) is 6.29. The Morgan fingerprint density at radius 2 is 1.90 bits per heavy atom. The van der Waals surface area contributed by atoms with Gasteiger partial charge in [-0.05, 0) is 30.7 Å².